The molecule has 0 aliphatic rings. The van der Waals surface area contributed by atoms with Crippen LogP contribution in [-0.2, 0) is 4.74 Å². The van der Waals surface area contributed by atoms with Gasteiger partial charge >= 0.3 is 6.11 Å². The second-order valence-corrected chi connectivity index (χ2v) is 1.34. The molecule has 7 heavy (non-hydrogen) atoms. The summed E-state index contributed by atoms with van der Waals surface area (Å²) in [6, 6.07) is 0. The van der Waals surface area contributed by atoms with Gasteiger partial charge in [0.1, 0.15) is 0 Å². The third kappa shape index (κ3) is 6.17. The summed E-state index contributed by atoms with van der Waals surface area (Å²) in [5.74, 6) is -0.247. The Morgan fingerprint density at radius 3 is 2.14 bits per heavy atom. The van der Waals surface area contributed by atoms with E-state index in [9.17, 15) is 8.78 Å². The maximum absolute atomic E-state index is 11.5. The van der Waals surface area contributed by atoms with Gasteiger partial charge in [-0.1, -0.05) is 0 Å². The highest BCUT2D eigenvalue weighted by Gasteiger charge is 2.19. The molecule has 0 unspecified atom stereocenters. The minimum absolute atomic E-state index is 0.247. The molecule has 0 radical (unpaired) electrons. The molecule has 0 amide bonds. The molecule has 0 heterocycles. The molecule has 0 aromatic rings. The van der Waals surface area contributed by atoms with Crippen molar-refractivity contribution in [2.24, 2.45) is 0 Å². The molecule has 0 spiro atoms. The molecule has 0 aliphatic heterocycles. The number of halogens is 2. The van der Waals surface area contributed by atoms with E-state index in [0.717, 1.165) is 0 Å². The van der Waals surface area contributed by atoms with Gasteiger partial charge in [-0.3, -0.25) is 0 Å². The Morgan fingerprint density at radius 2 is 2.14 bits per heavy atom. The van der Waals surface area contributed by atoms with Crippen LogP contribution in [0.3, 0.4) is 0 Å². The second kappa shape index (κ2) is 2.47. The van der Waals surface area contributed by atoms with Gasteiger partial charge in [0, 0.05) is 6.92 Å². The Balaban J connectivity index is 3.15. The summed E-state index contributed by atoms with van der Waals surface area (Å²) in [5, 5.41) is 0. The van der Waals surface area contributed by atoms with E-state index >= 15 is 0 Å². The molecule has 0 saturated carbocycles. The van der Waals surface area contributed by atoms with Gasteiger partial charge in [0.2, 0.25) is 0 Å². The number of hydrogen-bond acceptors (Lipinski definition) is 2. The number of alkyl halides is 2. The monoisotopic (exact) mass is 128 g/mol. The van der Waals surface area contributed by atoms with E-state index in [1.54, 1.807) is 0 Å². The van der Waals surface area contributed by atoms with E-state index < -0.39 is 6.11 Å². The lowest BCUT2D eigenvalue weighted by atomic mass is 10.8. The van der Waals surface area contributed by atoms with Gasteiger partial charge < -0.3 is 4.74 Å². The van der Waals surface area contributed by atoms with Crippen molar-refractivity contribution < 1.29 is 13.5 Å². The molecule has 44 valence electrons. The SMILES string of the molecule is CC(F)(F)OCS. The topological polar surface area (TPSA) is 9.23 Å². The molecule has 4 heteroatoms. The zero-order valence-electron chi connectivity index (χ0n) is 3.82. The van der Waals surface area contributed by atoms with E-state index in [-0.39, 0.29) is 5.94 Å². The first-order chi connectivity index (χ1) is 3.06. The Morgan fingerprint density at radius 1 is 1.71 bits per heavy atom. The molecule has 0 aromatic carbocycles. The second-order valence-electron chi connectivity index (χ2n) is 1.08. The standard InChI is InChI=1S/C3H6F2OS/c1-3(4,5)6-2-7/h7H,2H2,1H3. The van der Waals surface area contributed by atoms with Crippen LogP contribution in [0.25, 0.3) is 0 Å². The maximum Gasteiger partial charge on any atom is 0.353 e. The van der Waals surface area contributed by atoms with Crippen LogP contribution in [0.1, 0.15) is 6.92 Å². The van der Waals surface area contributed by atoms with E-state index in [2.05, 4.69) is 17.4 Å². The highest BCUT2D eigenvalue weighted by molar-refractivity contribution is 7.80. The summed E-state index contributed by atoms with van der Waals surface area (Å²) in [7, 11) is 0. The summed E-state index contributed by atoms with van der Waals surface area (Å²) >= 11 is 3.41. The van der Waals surface area contributed by atoms with Crippen LogP contribution in [0, 0.1) is 0 Å². The Labute approximate surface area is 46.1 Å². The first-order valence-corrected chi connectivity index (χ1v) is 2.32. The molecule has 0 rings (SSSR count). The van der Waals surface area contributed by atoms with Crippen molar-refractivity contribution in [2.75, 3.05) is 5.94 Å². The van der Waals surface area contributed by atoms with E-state index in [0.29, 0.717) is 6.92 Å². The smallest absolute Gasteiger partial charge is 0.310 e. The number of thiol groups is 1. The number of hydrogen-bond donors (Lipinski definition) is 1. The quantitative estimate of drug-likeness (QED) is 0.438. The molecule has 0 aliphatic carbocycles. The van der Waals surface area contributed by atoms with Crippen LogP contribution in [0.4, 0.5) is 8.78 Å². The molecular formula is C3H6F2OS. The normalized spacial score (nSPS) is 12.0. The van der Waals surface area contributed by atoms with E-state index in [4.69, 9.17) is 0 Å². The van der Waals surface area contributed by atoms with Gasteiger partial charge in [0.25, 0.3) is 0 Å². The summed E-state index contributed by atoms with van der Waals surface area (Å²) in [5.41, 5.74) is 0. The lowest BCUT2D eigenvalue weighted by molar-refractivity contribution is -0.210. The van der Waals surface area contributed by atoms with Crippen LogP contribution in [0.15, 0.2) is 0 Å². The van der Waals surface area contributed by atoms with Crippen molar-refractivity contribution in [3.8, 4) is 0 Å². The first kappa shape index (κ1) is 7.17. The number of rotatable bonds is 2. The predicted molar refractivity (Wildman–Crippen MR) is 25.6 cm³/mol. The van der Waals surface area contributed by atoms with Crippen molar-refractivity contribution in [2.45, 2.75) is 13.0 Å². The Kier molecular flexibility index (Phi) is 2.53. The summed E-state index contributed by atoms with van der Waals surface area (Å²) in [6.45, 7) is 0.670. The first-order valence-electron chi connectivity index (χ1n) is 1.69. The van der Waals surface area contributed by atoms with Gasteiger partial charge in [-0.2, -0.15) is 21.4 Å². The maximum atomic E-state index is 11.5. The van der Waals surface area contributed by atoms with Crippen LogP contribution >= 0.6 is 12.6 Å². The molecule has 0 fully saturated rings. The Bertz CT molecular complexity index is 51.4. The summed E-state index contributed by atoms with van der Waals surface area (Å²) in [6.07, 6.45) is -3.03. The third-order valence-electron chi connectivity index (χ3n) is 0.318. The van der Waals surface area contributed by atoms with Crippen LogP contribution in [-0.4, -0.2) is 12.0 Å². The average molecular weight is 128 g/mol. The highest BCUT2D eigenvalue weighted by atomic mass is 32.1. The van der Waals surface area contributed by atoms with Crippen LogP contribution < -0.4 is 0 Å². The molecular weight excluding hydrogens is 122 g/mol. The third-order valence-corrected chi connectivity index (χ3v) is 0.447. The van der Waals surface area contributed by atoms with Gasteiger partial charge in [-0.05, 0) is 0 Å². The molecule has 1 nitrogen and oxygen atoms in total. The summed E-state index contributed by atoms with van der Waals surface area (Å²) in [4.78, 5) is 0. The average Bonchev–Trinajstić information content (AvgIpc) is 1.30. The minimum Gasteiger partial charge on any atom is -0.310 e. The Hall–Kier alpha value is 0.170. The van der Waals surface area contributed by atoms with E-state index in [1.807, 2.05) is 0 Å². The van der Waals surface area contributed by atoms with Crippen molar-refractivity contribution >= 4 is 12.6 Å². The zero-order valence-corrected chi connectivity index (χ0v) is 4.71. The fourth-order valence-corrected chi connectivity index (χ4v) is 0.340. The van der Waals surface area contributed by atoms with E-state index in [1.165, 1.54) is 0 Å². The molecule has 0 bridgehead atoms. The van der Waals surface area contributed by atoms with Crippen molar-refractivity contribution in [1.29, 1.82) is 0 Å². The zero-order chi connectivity index (χ0) is 5.91. The summed E-state index contributed by atoms with van der Waals surface area (Å²) < 4.78 is 26.7. The van der Waals surface area contributed by atoms with Crippen LogP contribution in [0.5, 0.6) is 0 Å². The number of ether oxygens (including phenoxy) is 1. The molecule has 0 atom stereocenters. The van der Waals surface area contributed by atoms with Gasteiger partial charge in [0.15, 0.2) is 0 Å². The lowest BCUT2D eigenvalue weighted by Crippen LogP contribution is -2.13. The fourth-order valence-electron chi connectivity index (χ4n) is 0.113. The van der Waals surface area contributed by atoms with Gasteiger partial charge in [0.05, 0.1) is 5.94 Å². The van der Waals surface area contributed by atoms with Crippen LogP contribution in [0.2, 0.25) is 0 Å². The predicted octanol–water partition coefficient (Wildman–Crippen LogP) is 1.50. The largest absolute Gasteiger partial charge is 0.353 e. The molecule has 0 N–H and O–H groups in total. The van der Waals surface area contributed by atoms with Gasteiger partial charge in [-0.25, -0.2) is 0 Å². The molecule has 0 aromatic heterocycles. The minimum atomic E-state index is -3.03. The van der Waals surface area contributed by atoms with Gasteiger partial charge in [-0.15, -0.1) is 0 Å². The lowest BCUT2D eigenvalue weighted by Gasteiger charge is -2.06. The molecule has 0 saturated heterocycles. The highest BCUT2D eigenvalue weighted by Crippen LogP contribution is 2.12. The van der Waals surface area contributed by atoms with Crippen molar-refractivity contribution in [3.63, 3.8) is 0 Å². The van der Waals surface area contributed by atoms with Crippen molar-refractivity contribution in [3.05, 3.63) is 0 Å². The van der Waals surface area contributed by atoms with Crippen molar-refractivity contribution in [1.82, 2.24) is 0 Å². The fraction of sp³-hybridized carbons (Fsp3) is 1.00.